The summed E-state index contributed by atoms with van der Waals surface area (Å²) in [4.78, 5) is 13.1. The van der Waals surface area contributed by atoms with E-state index in [0.717, 1.165) is 5.69 Å². The van der Waals surface area contributed by atoms with Gasteiger partial charge in [-0.05, 0) is 26.0 Å². The average molecular weight is 192 g/mol. The Morgan fingerprint density at radius 3 is 2.21 bits per heavy atom. The van der Waals surface area contributed by atoms with E-state index >= 15 is 0 Å². The second kappa shape index (κ2) is 3.70. The van der Waals surface area contributed by atoms with Gasteiger partial charge in [0, 0.05) is 12.7 Å². The third-order valence-electron chi connectivity index (χ3n) is 2.59. The summed E-state index contributed by atoms with van der Waals surface area (Å²) in [6.45, 7) is 3.62. The lowest BCUT2D eigenvalue weighted by Gasteiger charge is -2.34. The summed E-state index contributed by atoms with van der Waals surface area (Å²) in [6, 6.07) is 9.70. The number of rotatable bonds is 3. The Hall–Kier alpha value is -1.51. The van der Waals surface area contributed by atoms with Gasteiger partial charge in [-0.1, -0.05) is 18.2 Å². The van der Waals surface area contributed by atoms with E-state index in [9.17, 15) is 4.79 Å². The highest BCUT2D eigenvalue weighted by Gasteiger charge is 2.29. The normalized spacial score (nSPS) is 11.1. The van der Waals surface area contributed by atoms with Crippen LogP contribution in [0.3, 0.4) is 0 Å². The van der Waals surface area contributed by atoms with E-state index in [4.69, 9.17) is 5.73 Å². The zero-order chi connectivity index (χ0) is 10.8. The molecule has 1 rings (SSSR count). The molecular formula is C11H16N2O. The van der Waals surface area contributed by atoms with Gasteiger partial charge in [-0.25, -0.2) is 0 Å². The van der Waals surface area contributed by atoms with Gasteiger partial charge >= 0.3 is 0 Å². The Bertz CT molecular complexity index is 319. The van der Waals surface area contributed by atoms with Gasteiger partial charge in [0.25, 0.3) is 0 Å². The van der Waals surface area contributed by atoms with Crippen molar-refractivity contribution in [3.05, 3.63) is 30.3 Å². The fourth-order valence-corrected chi connectivity index (χ4v) is 1.14. The van der Waals surface area contributed by atoms with E-state index in [1.807, 2.05) is 56.1 Å². The standard InChI is InChI=1S/C11H16N2O/c1-11(2,10(12)14)13(3)9-7-5-4-6-8-9/h4-8H,1-3H3,(H2,12,14). The smallest absolute Gasteiger partial charge is 0.242 e. The fourth-order valence-electron chi connectivity index (χ4n) is 1.14. The molecule has 3 heteroatoms. The van der Waals surface area contributed by atoms with Gasteiger partial charge in [-0.3, -0.25) is 4.79 Å². The predicted octanol–water partition coefficient (Wildman–Crippen LogP) is 1.39. The van der Waals surface area contributed by atoms with Crippen LogP contribution in [0.1, 0.15) is 13.8 Å². The van der Waals surface area contributed by atoms with E-state index in [1.165, 1.54) is 0 Å². The highest BCUT2D eigenvalue weighted by atomic mass is 16.1. The number of benzene rings is 1. The van der Waals surface area contributed by atoms with Crippen LogP contribution in [-0.2, 0) is 4.79 Å². The van der Waals surface area contributed by atoms with E-state index in [1.54, 1.807) is 0 Å². The number of anilines is 1. The van der Waals surface area contributed by atoms with Crippen molar-refractivity contribution in [2.45, 2.75) is 19.4 Å². The van der Waals surface area contributed by atoms with Crippen LogP contribution in [0.2, 0.25) is 0 Å². The number of likely N-dealkylation sites (N-methyl/N-ethyl adjacent to an activating group) is 1. The van der Waals surface area contributed by atoms with Crippen molar-refractivity contribution in [1.82, 2.24) is 0 Å². The number of carbonyl (C=O) groups excluding carboxylic acids is 1. The molecule has 0 radical (unpaired) electrons. The molecule has 14 heavy (non-hydrogen) atoms. The van der Waals surface area contributed by atoms with Gasteiger partial charge < -0.3 is 10.6 Å². The van der Waals surface area contributed by atoms with E-state index < -0.39 is 5.54 Å². The van der Waals surface area contributed by atoms with Gasteiger partial charge in [-0.2, -0.15) is 0 Å². The van der Waals surface area contributed by atoms with E-state index in [0.29, 0.717) is 0 Å². The third kappa shape index (κ3) is 1.87. The fraction of sp³-hybridized carbons (Fsp3) is 0.364. The minimum Gasteiger partial charge on any atom is -0.368 e. The first kappa shape index (κ1) is 10.6. The Morgan fingerprint density at radius 1 is 1.29 bits per heavy atom. The Morgan fingerprint density at radius 2 is 1.79 bits per heavy atom. The molecule has 0 aliphatic rings. The Balaban J connectivity index is 2.96. The number of carbonyl (C=O) groups is 1. The minimum absolute atomic E-state index is 0.330. The molecule has 0 fully saturated rings. The monoisotopic (exact) mass is 192 g/mol. The van der Waals surface area contributed by atoms with Gasteiger partial charge in [0.2, 0.25) is 5.91 Å². The maximum absolute atomic E-state index is 11.2. The lowest BCUT2D eigenvalue weighted by atomic mass is 10.0. The van der Waals surface area contributed by atoms with E-state index in [-0.39, 0.29) is 5.91 Å². The first-order valence-corrected chi connectivity index (χ1v) is 4.55. The lowest BCUT2D eigenvalue weighted by molar-refractivity contribution is -0.122. The summed E-state index contributed by atoms with van der Waals surface area (Å²) in [5.74, 6) is -0.330. The molecular weight excluding hydrogens is 176 g/mol. The van der Waals surface area contributed by atoms with Crippen LogP contribution >= 0.6 is 0 Å². The van der Waals surface area contributed by atoms with Gasteiger partial charge in [0.05, 0.1) is 0 Å². The summed E-state index contributed by atoms with van der Waals surface area (Å²) in [5, 5.41) is 0. The molecule has 76 valence electrons. The van der Waals surface area contributed by atoms with Crippen molar-refractivity contribution >= 4 is 11.6 Å². The van der Waals surface area contributed by atoms with Crippen LogP contribution < -0.4 is 10.6 Å². The number of hydrogen-bond acceptors (Lipinski definition) is 2. The first-order valence-electron chi connectivity index (χ1n) is 4.55. The molecule has 2 N–H and O–H groups in total. The summed E-state index contributed by atoms with van der Waals surface area (Å²) < 4.78 is 0. The average Bonchev–Trinajstić information content (AvgIpc) is 2.17. The topological polar surface area (TPSA) is 46.3 Å². The molecule has 0 bridgehead atoms. The number of hydrogen-bond donors (Lipinski definition) is 1. The van der Waals surface area contributed by atoms with Crippen molar-refractivity contribution in [2.75, 3.05) is 11.9 Å². The molecule has 0 heterocycles. The van der Waals surface area contributed by atoms with Crippen LogP contribution in [0.5, 0.6) is 0 Å². The largest absolute Gasteiger partial charge is 0.368 e. The van der Waals surface area contributed by atoms with Crippen molar-refractivity contribution in [3.63, 3.8) is 0 Å². The van der Waals surface area contributed by atoms with Crippen molar-refractivity contribution < 1.29 is 4.79 Å². The van der Waals surface area contributed by atoms with Gasteiger partial charge in [0.15, 0.2) is 0 Å². The van der Waals surface area contributed by atoms with Crippen LogP contribution in [-0.4, -0.2) is 18.5 Å². The molecule has 0 aliphatic heterocycles. The molecule has 0 spiro atoms. The molecule has 3 nitrogen and oxygen atoms in total. The van der Waals surface area contributed by atoms with Crippen LogP contribution in [0, 0.1) is 0 Å². The highest BCUT2D eigenvalue weighted by Crippen LogP contribution is 2.21. The van der Waals surface area contributed by atoms with Crippen LogP contribution in [0.4, 0.5) is 5.69 Å². The second-order valence-corrected chi connectivity index (χ2v) is 3.82. The van der Waals surface area contributed by atoms with Crippen LogP contribution in [0.15, 0.2) is 30.3 Å². The molecule has 1 aromatic carbocycles. The molecule has 0 unspecified atom stereocenters. The summed E-state index contributed by atoms with van der Waals surface area (Å²) in [5.41, 5.74) is 5.65. The SMILES string of the molecule is CN(c1ccccc1)C(C)(C)C(N)=O. The Labute approximate surface area is 84.5 Å². The van der Waals surface area contributed by atoms with Crippen molar-refractivity contribution in [2.24, 2.45) is 5.73 Å². The zero-order valence-corrected chi connectivity index (χ0v) is 8.82. The predicted molar refractivity (Wildman–Crippen MR) is 58.1 cm³/mol. The molecule has 0 atom stereocenters. The van der Waals surface area contributed by atoms with Gasteiger partial charge in [0.1, 0.15) is 5.54 Å². The molecule has 0 aliphatic carbocycles. The summed E-state index contributed by atoms with van der Waals surface area (Å²) >= 11 is 0. The molecule has 0 saturated heterocycles. The van der Waals surface area contributed by atoms with Crippen molar-refractivity contribution in [3.8, 4) is 0 Å². The number of amides is 1. The minimum atomic E-state index is -0.665. The lowest BCUT2D eigenvalue weighted by Crippen LogP contribution is -2.51. The zero-order valence-electron chi connectivity index (χ0n) is 8.82. The third-order valence-corrected chi connectivity index (χ3v) is 2.59. The van der Waals surface area contributed by atoms with Gasteiger partial charge in [-0.15, -0.1) is 0 Å². The second-order valence-electron chi connectivity index (χ2n) is 3.82. The highest BCUT2D eigenvalue weighted by molar-refractivity contribution is 5.87. The maximum Gasteiger partial charge on any atom is 0.242 e. The Kier molecular flexibility index (Phi) is 2.79. The molecule has 1 amide bonds. The first-order chi connectivity index (χ1) is 6.46. The molecule has 0 saturated carbocycles. The number of nitrogens with two attached hydrogens (primary N) is 1. The molecule has 1 aromatic rings. The van der Waals surface area contributed by atoms with E-state index in [2.05, 4.69) is 0 Å². The number of para-hydroxylation sites is 1. The quantitative estimate of drug-likeness (QED) is 0.786. The summed E-state index contributed by atoms with van der Waals surface area (Å²) in [6.07, 6.45) is 0. The maximum atomic E-state index is 11.2. The van der Waals surface area contributed by atoms with Crippen LogP contribution in [0.25, 0.3) is 0 Å². The number of primary amides is 1. The number of nitrogens with zero attached hydrogens (tertiary/aromatic N) is 1. The van der Waals surface area contributed by atoms with Crippen molar-refractivity contribution in [1.29, 1.82) is 0 Å². The molecule has 0 aromatic heterocycles. The summed E-state index contributed by atoms with van der Waals surface area (Å²) in [7, 11) is 1.86.